The third kappa shape index (κ3) is 3.77. The fourth-order valence-electron chi connectivity index (χ4n) is 2.98. The second kappa shape index (κ2) is 7.25. The molecule has 0 amide bonds. The molecule has 0 radical (unpaired) electrons. The number of aromatic carboxylic acids is 1. The van der Waals surface area contributed by atoms with E-state index in [9.17, 15) is 4.79 Å². The number of imidazole rings is 1. The van der Waals surface area contributed by atoms with Crippen LogP contribution in [0.1, 0.15) is 21.7 Å². The summed E-state index contributed by atoms with van der Waals surface area (Å²) in [5, 5.41) is 9.12. The summed E-state index contributed by atoms with van der Waals surface area (Å²) >= 11 is 0. The number of carbonyl (C=O) groups is 1. The minimum absolute atomic E-state index is 0.201. The maximum absolute atomic E-state index is 11.1. The van der Waals surface area contributed by atoms with E-state index >= 15 is 0 Å². The second-order valence-corrected chi connectivity index (χ2v) is 6.22. The zero-order valence-corrected chi connectivity index (χ0v) is 14.5. The van der Waals surface area contributed by atoms with E-state index in [4.69, 9.17) is 5.11 Å². The van der Waals surface area contributed by atoms with Gasteiger partial charge >= 0.3 is 5.97 Å². The average molecular weight is 355 g/mol. The van der Waals surface area contributed by atoms with Crippen LogP contribution in [-0.4, -0.2) is 26.0 Å². The third-order valence-corrected chi connectivity index (χ3v) is 4.32. The van der Waals surface area contributed by atoms with Gasteiger partial charge in [-0.1, -0.05) is 54.6 Å². The van der Waals surface area contributed by atoms with Gasteiger partial charge in [0, 0.05) is 12.6 Å². The van der Waals surface area contributed by atoms with Crippen molar-refractivity contribution in [3.63, 3.8) is 0 Å². The Bertz CT molecular complexity index is 1090. The highest BCUT2D eigenvalue weighted by Crippen LogP contribution is 2.22. The second-order valence-electron chi connectivity index (χ2n) is 6.22. The summed E-state index contributed by atoms with van der Waals surface area (Å²) in [4.78, 5) is 23.0. The molecule has 5 nitrogen and oxygen atoms in total. The molecule has 132 valence electrons. The van der Waals surface area contributed by atoms with Crippen molar-refractivity contribution < 1.29 is 9.90 Å². The predicted octanol–water partition coefficient (Wildman–Crippen LogP) is 4.43. The molecule has 4 rings (SSSR count). The summed E-state index contributed by atoms with van der Waals surface area (Å²) in [6.45, 7) is 0. The lowest BCUT2D eigenvalue weighted by Crippen LogP contribution is -1.97. The number of aromatic nitrogens is 3. The van der Waals surface area contributed by atoms with Crippen LogP contribution < -0.4 is 0 Å². The number of H-pyrrole nitrogens is 1. The molecular weight excluding hydrogens is 338 g/mol. The summed E-state index contributed by atoms with van der Waals surface area (Å²) in [6, 6.07) is 21.6. The van der Waals surface area contributed by atoms with Gasteiger partial charge in [0.2, 0.25) is 0 Å². The summed E-state index contributed by atoms with van der Waals surface area (Å²) in [5.74, 6) is -0.172. The van der Waals surface area contributed by atoms with Crippen LogP contribution >= 0.6 is 0 Å². The summed E-state index contributed by atoms with van der Waals surface area (Å²) in [5.41, 5.74) is 4.94. The zero-order chi connectivity index (χ0) is 18.6. The Morgan fingerprint density at radius 2 is 1.74 bits per heavy atom. The maximum Gasteiger partial charge on any atom is 0.335 e. The Balaban J connectivity index is 1.57. The van der Waals surface area contributed by atoms with Crippen molar-refractivity contribution in [3.8, 4) is 22.5 Å². The maximum atomic E-state index is 11.1. The van der Waals surface area contributed by atoms with Gasteiger partial charge in [0.15, 0.2) is 0 Å². The van der Waals surface area contributed by atoms with Crippen LogP contribution in [0, 0.1) is 0 Å². The number of hydrogen-bond donors (Lipinski definition) is 2. The largest absolute Gasteiger partial charge is 0.478 e. The van der Waals surface area contributed by atoms with Crippen LogP contribution in [0.15, 0.2) is 79.1 Å². The number of benzene rings is 2. The summed E-state index contributed by atoms with van der Waals surface area (Å²) in [6.07, 6.45) is 3.83. The number of hydrogen-bond acceptors (Lipinski definition) is 3. The lowest BCUT2D eigenvalue weighted by Gasteiger charge is -2.05. The van der Waals surface area contributed by atoms with Gasteiger partial charge in [0.1, 0.15) is 5.82 Å². The number of pyridine rings is 1. The molecule has 4 aromatic rings. The number of nitrogens with one attached hydrogen (secondary N) is 1. The first-order valence-electron chi connectivity index (χ1n) is 8.57. The van der Waals surface area contributed by atoms with E-state index in [-0.39, 0.29) is 5.56 Å². The first-order valence-corrected chi connectivity index (χ1v) is 8.57. The minimum Gasteiger partial charge on any atom is -0.478 e. The standard InChI is InChI=1S/C22H17N3O2/c26-22(27)18-9-10-23-19(13-18)20-14-24-21(25-20)12-15-5-4-8-17(11-15)16-6-2-1-3-7-16/h1-11,13-14H,12H2,(H,24,25)(H,26,27). The molecule has 2 aromatic heterocycles. The molecule has 0 fully saturated rings. The molecule has 0 saturated heterocycles. The van der Waals surface area contributed by atoms with E-state index in [1.165, 1.54) is 23.9 Å². The number of carboxylic acid groups (broad SMARTS) is 1. The molecule has 0 spiro atoms. The molecule has 5 heteroatoms. The van der Waals surface area contributed by atoms with Gasteiger partial charge in [0.05, 0.1) is 23.1 Å². The number of rotatable bonds is 5. The molecule has 0 aliphatic rings. The normalized spacial score (nSPS) is 10.7. The van der Waals surface area contributed by atoms with Crippen LogP contribution in [0.3, 0.4) is 0 Å². The fraction of sp³-hybridized carbons (Fsp3) is 0.0455. The average Bonchev–Trinajstić information content (AvgIpc) is 3.17. The van der Waals surface area contributed by atoms with Gasteiger partial charge in [-0.2, -0.15) is 0 Å². The SMILES string of the molecule is O=C(O)c1ccnc(-c2cnc(Cc3cccc(-c4ccccc4)c3)[nH]2)c1. The first-order chi connectivity index (χ1) is 13.2. The van der Waals surface area contributed by atoms with E-state index in [0.29, 0.717) is 17.8 Å². The zero-order valence-electron chi connectivity index (χ0n) is 14.5. The van der Waals surface area contributed by atoms with E-state index < -0.39 is 5.97 Å². The Hall–Kier alpha value is -3.73. The van der Waals surface area contributed by atoms with Crippen molar-refractivity contribution in [2.75, 3.05) is 0 Å². The van der Waals surface area contributed by atoms with E-state index in [2.05, 4.69) is 45.3 Å². The molecule has 2 aromatic carbocycles. The molecule has 0 aliphatic heterocycles. The quantitative estimate of drug-likeness (QED) is 0.555. The Labute approximate surface area is 156 Å². The third-order valence-electron chi connectivity index (χ3n) is 4.32. The van der Waals surface area contributed by atoms with Crippen molar-refractivity contribution >= 4 is 5.97 Å². The van der Waals surface area contributed by atoms with Gasteiger partial charge in [-0.05, 0) is 28.8 Å². The molecule has 2 heterocycles. The topological polar surface area (TPSA) is 78.9 Å². The lowest BCUT2D eigenvalue weighted by atomic mass is 10.0. The molecule has 0 bridgehead atoms. The smallest absolute Gasteiger partial charge is 0.335 e. The highest BCUT2D eigenvalue weighted by Gasteiger charge is 2.09. The van der Waals surface area contributed by atoms with E-state index in [1.54, 1.807) is 6.20 Å². The molecule has 0 saturated carbocycles. The Morgan fingerprint density at radius 3 is 2.56 bits per heavy atom. The van der Waals surface area contributed by atoms with Gasteiger partial charge < -0.3 is 10.1 Å². The van der Waals surface area contributed by atoms with Crippen molar-refractivity contribution in [1.82, 2.24) is 15.0 Å². The van der Waals surface area contributed by atoms with Crippen molar-refractivity contribution in [2.24, 2.45) is 0 Å². The molecule has 0 unspecified atom stereocenters. The number of aromatic amines is 1. The summed E-state index contributed by atoms with van der Waals surface area (Å²) < 4.78 is 0. The fourth-order valence-corrected chi connectivity index (χ4v) is 2.98. The van der Waals surface area contributed by atoms with Crippen LogP contribution in [-0.2, 0) is 6.42 Å². The Kier molecular flexibility index (Phi) is 4.49. The van der Waals surface area contributed by atoms with E-state index in [0.717, 1.165) is 17.0 Å². The lowest BCUT2D eigenvalue weighted by molar-refractivity contribution is 0.0697. The van der Waals surface area contributed by atoms with Crippen LogP contribution in [0.5, 0.6) is 0 Å². The van der Waals surface area contributed by atoms with Crippen molar-refractivity contribution in [2.45, 2.75) is 6.42 Å². The van der Waals surface area contributed by atoms with Crippen LogP contribution in [0.2, 0.25) is 0 Å². The monoisotopic (exact) mass is 355 g/mol. The molecule has 0 atom stereocenters. The first kappa shape index (κ1) is 16.7. The molecular formula is C22H17N3O2. The minimum atomic E-state index is -0.976. The van der Waals surface area contributed by atoms with Gasteiger partial charge in [-0.25, -0.2) is 9.78 Å². The highest BCUT2D eigenvalue weighted by molar-refractivity contribution is 5.88. The highest BCUT2D eigenvalue weighted by atomic mass is 16.4. The summed E-state index contributed by atoms with van der Waals surface area (Å²) in [7, 11) is 0. The van der Waals surface area contributed by atoms with Gasteiger partial charge in [-0.15, -0.1) is 0 Å². The van der Waals surface area contributed by atoms with Crippen molar-refractivity contribution in [3.05, 3.63) is 96.1 Å². The molecule has 27 heavy (non-hydrogen) atoms. The van der Waals surface area contributed by atoms with Gasteiger partial charge in [0.25, 0.3) is 0 Å². The van der Waals surface area contributed by atoms with Crippen LogP contribution in [0.25, 0.3) is 22.5 Å². The Morgan fingerprint density at radius 1 is 0.926 bits per heavy atom. The van der Waals surface area contributed by atoms with Gasteiger partial charge in [-0.3, -0.25) is 4.98 Å². The predicted molar refractivity (Wildman–Crippen MR) is 103 cm³/mol. The number of carboxylic acids is 1. The van der Waals surface area contributed by atoms with Crippen LogP contribution in [0.4, 0.5) is 0 Å². The van der Waals surface area contributed by atoms with Crippen molar-refractivity contribution in [1.29, 1.82) is 0 Å². The van der Waals surface area contributed by atoms with E-state index in [1.807, 2.05) is 24.3 Å². The molecule has 2 N–H and O–H groups in total. The molecule has 0 aliphatic carbocycles. The number of nitrogens with zero attached hydrogens (tertiary/aromatic N) is 2.